The predicted molar refractivity (Wildman–Crippen MR) is 149 cm³/mol. The number of aromatic nitrogens is 1. The molecule has 3 aliphatic rings. The largest absolute Gasteiger partial charge is 0.449 e. The number of aliphatic hydroxyl groups excluding tert-OH is 1. The lowest BCUT2D eigenvalue weighted by atomic mass is 9.81. The molecule has 0 spiro atoms. The number of hydrogen-bond acceptors (Lipinski definition) is 5. The predicted octanol–water partition coefficient (Wildman–Crippen LogP) is 6.03. The summed E-state index contributed by atoms with van der Waals surface area (Å²) in [6.45, 7) is 11.4. The van der Waals surface area contributed by atoms with Gasteiger partial charge in [0.05, 0.1) is 11.6 Å². The Kier molecular flexibility index (Phi) is 7.51. The number of carbonyl (C=O) groups excluding carboxylic acids is 2. The molecule has 5 rings (SSSR count). The van der Waals surface area contributed by atoms with Crippen LogP contribution in [0, 0.1) is 5.92 Å². The Morgan fingerprint density at radius 2 is 1.68 bits per heavy atom. The summed E-state index contributed by atoms with van der Waals surface area (Å²) in [5.74, 6) is -2.64. The number of rotatable bonds is 3. The van der Waals surface area contributed by atoms with Crippen molar-refractivity contribution >= 4 is 22.9 Å². The van der Waals surface area contributed by atoms with E-state index in [0.717, 1.165) is 11.3 Å². The molecule has 0 bridgehead atoms. The van der Waals surface area contributed by atoms with Crippen molar-refractivity contribution in [2.75, 3.05) is 19.6 Å². The van der Waals surface area contributed by atoms with E-state index < -0.39 is 11.5 Å². The minimum atomic E-state index is -2.61. The average molecular weight is 560 g/mol. The van der Waals surface area contributed by atoms with Crippen LogP contribution in [0.3, 0.4) is 0 Å². The fourth-order valence-electron chi connectivity index (χ4n) is 6.68. The molecular formula is C31H43F2N3O4. The van der Waals surface area contributed by atoms with Gasteiger partial charge in [-0.05, 0) is 63.9 Å². The second kappa shape index (κ2) is 10.4. The van der Waals surface area contributed by atoms with E-state index >= 15 is 0 Å². The lowest BCUT2D eigenvalue weighted by molar-refractivity contribution is -0.141. The monoisotopic (exact) mass is 559 g/mol. The Labute approximate surface area is 235 Å². The Balaban J connectivity index is 1.37. The maximum Gasteiger partial charge on any atom is 0.290 e. The molecule has 220 valence electrons. The number of fused-ring (bicyclic) bond motifs is 1. The summed E-state index contributed by atoms with van der Waals surface area (Å²) in [4.78, 5) is 35.5. The van der Waals surface area contributed by atoms with Gasteiger partial charge in [0.25, 0.3) is 5.91 Å². The summed E-state index contributed by atoms with van der Waals surface area (Å²) in [6, 6.07) is 3.67. The fourth-order valence-corrected chi connectivity index (χ4v) is 6.68. The van der Waals surface area contributed by atoms with Crippen molar-refractivity contribution in [3.8, 4) is 0 Å². The molecule has 2 amide bonds. The van der Waals surface area contributed by atoms with Gasteiger partial charge in [0.2, 0.25) is 11.8 Å². The first kappa shape index (κ1) is 29.0. The van der Waals surface area contributed by atoms with Crippen LogP contribution in [0.2, 0.25) is 0 Å². The van der Waals surface area contributed by atoms with Crippen molar-refractivity contribution in [3.05, 3.63) is 29.2 Å². The Bertz CT molecular complexity index is 1260. The average Bonchev–Trinajstić information content (AvgIpc) is 3.31. The van der Waals surface area contributed by atoms with Crippen LogP contribution in [0.25, 0.3) is 11.1 Å². The zero-order chi connectivity index (χ0) is 29.0. The van der Waals surface area contributed by atoms with Crippen LogP contribution in [0.15, 0.2) is 16.5 Å². The molecule has 0 unspecified atom stereocenters. The maximum atomic E-state index is 13.8. The molecule has 0 radical (unpaired) electrons. The Morgan fingerprint density at radius 1 is 1.02 bits per heavy atom. The molecule has 1 saturated heterocycles. The van der Waals surface area contributed by atoms with Crippen molar-refractivity contribution < 1.29 is 27.9 Å². The van der Waals surface area contributed by atoms with E-state index in [-0.39, 0.29) is 53.8 Å². The van der Waals surface area contributed by atoms with Crippen LogP contribution >= 0.6 is 0 Å². The normalized spacial score (nSPS) is 25.8. The third-order valence-corrected chi connectivity index (χ3v) is 9.16. The van der Waals surface area contributed by atoms with E-state index in [1.165, 1.54) is 0 Å². The van der Waals surface area contributed by atoms with E-state index in [1.807, 2.05) is 24.8 Å². The number of piperazine rings is 1. The van der Waals surface area contributed by atoms with Crippen LogP contribution in [0.1, 0.15) is 114 Å². The fraction of sp³-hybridized carbons (Fsp3) is 0.710. The SMILES string of the molecule is CC(C)(C)c1cc(C2CCC(F)(F)CC2)nc2cc(C(=O)N3CCN(C(=O)C4CCC(O)CC4)CC3(C)C)oc12. The van der Waals surface area contributed by atoms with Gasteiger partial charge in [-0.1, -0.05) is 20.8 Å². The van der Waals surface area contributed by atoms with E-state index in [1.54, 1.807) is 11.0 Å². The number of nitrogens with zero attached hydrogens (tertiary/aromatic N) is 3. The third-order valence-electron chi connectivity index (χ3n) is 9.16. The molecule has 1 N–H and O–H groups in total. The van der Waals surface area contributed by atoms with Crippen molar-refractivity contribution in [1.29, 1.82) is 0 Å². The number of furan rings is 1. The highest BCUT2D eigenvalue weighted by atomic mass is 19.3. The molecular weight excluding hydrogens is 516 g/mol. The maximum absolute atomic E-state index is 13.8. The Morgan fingerprint density at radius 3 is 2.27 bits per heavy atom. The van der Waals surface area contributed by atoms with Gasteiger partial charge in [0.15, 0.2) is 11.3 Å². The van der Waals surface area contributed by atoms with Crippen LogP contribution in [-0.4, -0.2) is 68.9 Å². The minimum absolute atomic E-state index is 0.0452. The molecule has 7 nitrogen and oxygen atoms in total. The highest BCUT2D eigenvalue weighted by Crippen LogP contribution is 2.42. The molecule has 0 atom stereocenters. The van der Waals surface area contributed by atoms with E-state index in [4.69, 9.17) is 9.40 Å². The van der Waals surface area contributed by atoms with Gasteiger partial charge in [0, 0.05) is 61.6 Å². The lowest BCUT2D eigenvalue weighted by Gasteiger charge is -2.47. The Hall–Kier alpha value is -2.55. The second-order valence-electron chi connectivity index (χ2n) is 13.8. The number of amides is 2. The van der Waals surface area contributed by atoms with Crippen molar-refractivity contribution in [2.45, 2.75) is 115 Å². The highest BCUT2D eigenvalue weighted by Gasteiger charge is 2.42. The molecule has 3 fully saturated rings. The summed E-state index contributed by atoms with van der Waals surface area (Å²) >= 11 is 0. The third kappa shape index (κ3) is 5.76. The number of alkyl halides is 2. The van der Waals surface area contributed by atoms with Crippen LogP contribution < -0.4 is 0 Å². The summed E-state index contributed by atoms with van der Waals surface area (Å²) in [6.07, 6.45) is 2.91. The molecule has 2 saturated carbocycles. The molecule has 2 aliphatic carbocycles. The smallest absolute Gasteiger partial charge is 0.290 e. The van der Waals surface area contributed by atoms with Gasteiger partial charge in [-0.2, -0.15) is 0 Å². The number of hydrogen-bond donors (Lipinski definition) is 1. The van der Waals surface area contributed by atoms with Gasteiger partial charge < -0.3 is 19.3 Å². The lowest BCUT2D eigenvalue weighted by Crippen LogP contribution is -2.62. The summed E-state index contributed by atoms with van der Waals surface area (Å²) in [7, 11) is 0. The van der Waals surface area contributed by atoms with E-state index in [9.17, 15) is 23.5 Å². The molecule has 2 aromatic rings. The van der Waals surface area contributed by atoms with Crippen LogP contribution in [0.5, 0.6) is 0 Å². The zero-order valence-corrected chi connectivity index (χ0v) is 24.4. The van der Waals surface area contributed by atoms with E-state index in [0.29, 0.717) is 69.3 Å². The van der Waals surface area contributed by atoms with Crippen LogP contribution in [0.4, 0.5) is 8.78 Å². The quantitative estimate of drug-likeness (QED) is 0.496. The zero-order valence-electron chi connectivity index (χ0n) is 24.4. The van der Waals surface area contributed by atoms with Crippen molar-refractivity contribution in [3.63, 3.8) is 0 Å². The molecule has 9 heteroatoms. The van der Waals surface area contributed by atoms with Crippen LogP contribution in [-0.2, 0) is 10.2 Å². The first-order valence-electron chi connectivity index (χ1n) is 14.8. The van der Waals surface area contributed by atoms with Crippen molar-refractivity contribution in [2.24, 2.45) is 5.92 Å². The molecule has 40 heavy (non-hydrogen) atoms. The van der Waals surface area contributed by atoms with Crippen molar-refractivity contribution in [1.82, 2.24) is 14.8 Å². The second-order valence-corrected chi connectivity index (χ2v) is 13.8. The summed E-state index contributed by atoms with van der Waals surface area (Å²) in [5, 5.41) is 9.81. The van der Waals surface area contributed by atoms with Gasteiger partial charge in [-0.3, -0.25) is 9.59 Å². The van der Waals surface area contributed by atoms with Gasteiger partial charge in [-0.15, -0.1) is 0 Å². The number of aliphatic hydroxyl groups is 1. The van der Waals surface area contributed by atoms with E-state index in [2.05, 4.69) is 20.8 Å². The minimum Gasteiger partial charge on any atom is -0.449 e. The molecule has 1 aliphatic heterocycles. The number of halogens is 2. The standard InChI is InChI=1S/C31H43F2N3O4/c1-29(2,3)22-16-23(19-10-12-31(32,33)13-11-19)34-24-17-25(40-26(22)24)28(39)36-15-14-35(18-30(36,4)5)27(38)20-6-8-21(37)9-7-20/h16-17,19-21,37H,6-15,18H2,1-5H3. The summed E-state index contributed by atoms with van der Waals surface area (Å²) < 4.78 is 33.8. The topological polar surface area (TPSA) is 86.9 Å². The van der Waals surface area contributed by atoms with Gasteiger partial charge >= 0.3 is 0 Å². The highest BCUT2D eigenvalue weighted by molar-refractivity contribution is 5.96. The summed E-state index contributed by atoms with van der Waals surface area (Å²) in [5.41, 5.74) is 1.94. The first-order chi connectivity index (χ1) is 18.6. The van der Waals surface area contributed by atoms with Gasteiger partial charge in [-0.25, -0.2) is 13.8 Å². The number of pyridine rings is 1. The number of carbonyl (C=O) groups is 2. The molecule has 2 aromatic heterocycles. The van der Waals surface area contributed by atoms with Gasteiger partial charge in [0.1, 0.15) is 5.52 Å². The first-order valence-corrected chi connectivity index (χ1v) is 14.8. The molecule has 3 heterocycles. The molecule has 0 aromatic carbocycles.